The fourth-order valence-electron chi connectivity index (χ4n) is 3.34. The van der Waals surface area contributed by atoms with Crippen LogP contribution in [0.2, 0.25) is 0 Å². The fourth-order valence-corrected chi connectivity index (χ4v) is 3.34. The number of methoxy groups -OCH3 is 1. The van der Waals surface area contributed by atoms with E-state index in [0.29, 0.717) is 24.4 Å². The van der Waals surface area contributed by atoms with Crippen LogP contribution < -0.4 is 10.1 Å². The third-order valence-electron chi connectivity index (χ3n) is 4.82. The lowest BCUT2D eigenvalue weighted by atomic mass is 9.93. The topological polar surface area (TPSA) is 67.6 Å². The van der Waals surface area contributed by atoms with Crippen LogP contribution in [0.5, 0.6) is 5.88 Å². The summed E-state index contributed by atoms with van der Waals surface area (Å²) in [6, 6.07) is 4.33. The van der Waals surface area contributed by atoms with E-state index in [-0.39, 0.29) is 24.0 Å². The van der Waals surface area contributed by atoms with Crippen LogP contribution in [0.4, 0.5) is 0 Å². The standard InChI is InChI=1S/C18H26N6O.HI/c1-14-6-9-23(12-16(14)24-10-8-20-13-24)18(19-2)22-11-15-5-4-7-21-17(15)25-3;/h4-5,7-8,10,13-14,16H,6,9,11-12H2,1-3H3,(H,19,22);1H. The number of pyridine rings is 1. The lowest BCUT2D eigenvalue weighted by Crippen LogP contribution is -2.48. The number of nitrogens with one attached hydrogen (secondary N) is 1. The summed E-state index contributed by atoms with van der Waals surface area (Å²) in [5.74, 6) is 2.17. The van der Waals surface area contributed by atoms with Gasteiger partial charge in [-0.3, -0.25) is 4.99 Å². The number of halogens is 1. The minimum Gasteiger partial charge on any atom is -0.481 e. The molecule has 0 amide bonds. The Morgan fingerprint density at radius 1 is 1.42 bits per heavy atom. The molecule has 1 saturated heterocycles. The second-order valence-electron chi connectivity index (χ2n) is 6.36. The molecule has 26 heavy (non-hydrogen) atoms. The first kappa shape index (κ1) is 20.5. The summed E-state index contributed by atoms with van der Waals surface area (Å²) >= 11 is 0. The number of nitrogens with zero attached hydrogens (tertiary/aromatic N) is 5. The third-order valence-corrected chi connectivity index (χ3v) is 4.82. The molecule has 8 heteroatoms. The zero-order chi connectivity index (χ0) is 17.6. The molecule has 7 nitrogen and oxygen atoms in total. The maximum atomic E-state index is 5.32. The molecule has 0 radical (unpaired) electrons. The molecule has 0 bridgehead atoms. The third kappa shape index (κ3) is 4.66. The van der Waals surface area contributed by atoms with Gasteiger partial charge in [-0.2, -0.15) is 0 Å². The van der Waals surface area contributed by atoms with E-state index in [9.17, 15) is 0 Å². The fraction of sp³-hybridized carbons (Fsp3) is 0.500. The monoisotopic (exact) mass is 470 g/mol. The molecular weight excluding hydrogens is 443 g/mol. The summed E-state index contributed by atoms with van der Waals surface area (Å²) in [4.78, 5) is 15.2. The van der Waals surface area contributed by atoms with Gasteiger partial charge >= 0.3 is 0 Å². The van der Waals surface area contributed by atoms with Gasteiger partial charge in [-0.15, -0.1) is 24.0 Å². The predicted octanol–water partition coefficient (Wildman–Crippen LogP) is 2.56. The highest BCUT2D eigenvalue weighted by atomic mass is 127. The van der Waals surface area contributed by atoms with Crippen molar-refractivity contribution in [2.24, 2.45) is 10.9 Å². The van der Waals surface area contributed by atoms with Gasteiger partial charge in [0.1, 0.15) is 0 Å². The average Bonchev–Trinajstić information content (AvgIpc) is 3.18. The van der Waals surface area contributed by atoms with E-state index in [0.717, 1.165) is 31.0 Å². The lowest BCUT2D eigenvalue weighted by Gasteiger charge is -2.39. The summed E-state index contributed by atoms with van der Waals surface area (Å²) in [6.45, 7) is 4.85. The zero-order valence-corrected chi connectivity index (χ0v) is 17.8. The van der Waals surface area contributed by atoms with E-state index in [4.69, 9.17) is 4.74 Å². The minimum absolute atomic E-state index is 0. The van der Waals surface area contributed by atoms with Gasteiger partial charge in [0.15, 0.2) is 5.96 Å². The van der Waals surface area contributed by atoms with Crippen molar-refractivity contribution in [3.63, 3.8) is 0 Å². The number of imidazole rings is 1. The minimum atomic E-state index is 0. The molecule has 0 aromatic carbocycles. The van der Waals surface area contributed by atoms with Gasteiger partial charge in [0.2, 0.25) is 5.88 Å². The molecule has 0 saturated carbocycles. The Hall–Kier alpha value is -1.84. The van der Waals surface area contributed by atoms with Crippen LogP contribution in [-0.2, 0) is 6.54 Å². The average molecular weight is 470 g/mol. The first-order valence-corrected chi connectivity index (χ1v) is 8.64. The van der Waals surface area contributed by atoms with Crippen molar-refractivity contribution < 1.29 is 4.74 Å². The molecule has 1 N–H and O–H groups in total. The Labute approximate surface area is 171 Å². The van der Waals surface area contributed by atoms with E-state index >= 15 is 0 Å². The van der Waals surface area contributed by atoms with Gasteiger partial charge in [0, 0.05) is 50.8 Å². The molecule has 2 atom stereocenters. The molecular formula is C18H27IN6O. The highest BCUT2D eigenvalue weighted by molar-refractivity contribution is 14.0. The summed E-state index contributed by atoms with van der Waals surface area (Å²) < 4.78 is 7.52. The summed E-state index contributed by atoms with van der Waals surface area (Å²) in [5, 5.41) is 3.44. The number of piperidine rings is 1. The number of hydrogen-bond acceptors (Lipinski definition) is 4. The Morgan fingerprint density at radius 3 is 2.96 bits per heavy atom. The number of rotatable bonds is 4. The number of aliphatic imine (C=N–C) groups is 1. The van der Waals surface area contributed by atoms with Crippen LogP contribution in [0.15, 0.2) is 42.0 Å². The van der Waals surface area contributed by atoms with Gasteiger partial charge in [-0.05, 0) is 18.4 Å². The van der Waals surface area contributed by atoms with Crippen molar-refractivity contribution in [2.75, 3.05) is 27.2 Å². The van der Waals surface area contributed by atoms with E-state index < -0.39 is 0 Å². The maximum absolute atomic E-state index is 5.32. The molecule has 0 spiro atoms. The number of ether oxygens (including phenoxy) is 1. The molecule has 3 rings (SSSR count). The number of aromatic nitrogens is 3. The predicted molar refractivity (Wildman–Crippen MR) is 113 cm³/mol. The molecule has 1 aliphatic heterocycles. The van der Waals surface area contributed by atoms with Crippen molar-refractivity contribution in [3.05, 3.63) is 42.6 Å². The van der Waals surface area contributed by atoms with E-state index in [1.165, 1.54) is 0 Å². The van der Waals surface area contributed by atoms with E-state index in [2.05, 4.69) is 36.7 Å². The second kappa shape index (κ2) is 9.75. The van der Waals surface area contributed by atoms with Crippen LogP contribution >= 0.6 is 24.0 Å². The van der Waals surface area contributed by atoms with Crippen molar-refractivity contribution in [1.29, 1.82) is 0 Å². The first-order chi connectivity index (χ1) is 12.2. The molecule has 2 unspecified atom stereocenters. The van der Waals surface area contributed by atoms with Crippen molar-refractivity contribution in [1.82, 2.24) is 24.8 Å². The van der Waals surface area contributed by atoms with E-state index in [1.54, 1.807) is 13.3 Å². The SMILES string of the molecule is CN=C(NCc1cccnc1OC)N1CCC(C)C(n2ccnc2)C1.I. The molecule has 3 heterocycles. The number of likely N-dealkylation sites (tertiary alicyclic amines) is 1. The molecule has 0 aliphatic carbocycles. The normalized spacial score (nSPS) is 20.4. The smallest absolute Gasteiger partial charge is 0.218 e. The molecule has 2 aromatic heterocycles. The van der Waals surface area contributed by atoms with Gasteiger partial charge in [-0.1, -0.05) is 13.0 Å². The van der Waals surface area contributed by atoms with Gasteiger partial charge < -0.3 is 19.5 Å². The quantitative estimate of drug-likeness (QED) is 0.423. The number of hydrogen-bond donors (Lipinski definition) is 1. The van der Waals surface area contributed by atoms with E-state index in [1.807, 2.05) is 37.9 Å². The zero-order valence-electron chi connectivity index (χ0n) is 15.5. The highest BCUT2D eigenvalue weighted by Crippen LogP contribution is 2.27. The summed E-state index contributed by atoms with van der Waals surface area (Å²) in [7, 11) is 3.47. The Bertz CT molecular complexity index is 705. The van der Waals surface area contributed by atoms with Gasteiger partial charge in [0.25, 0.3) is 0 Å². The highest BCUT2D eigenvalue weighted by Gasteiger charge is 2.28. The van der Waals surface area contributed by atoms with Crippen LogP contribution in [-0.4, -0.2) is 52.6 Å². The van der Waals surface area contributed by atoms with Crippen LogP contribution in [0, 0.1) is 5.92 Å². The van der Waals surface area contributed by atoms with Crippen molar-refractivity contribution >= 4 is 29.9 Å². The Balaban J connectivity index is 0.00000243. The molecule has 1 aliphatic rings. The van der Waals surface area contributed by atoms with Crippen molar-refractivity contribution in [2.45, 2.75) is 25.9 Å². The molecule has 2 aromatic rings. The van der Waals surface area contributed by atoms with Crippen LogP contribution in [0.1, 0.15) is 24.9 Å². The lowest BCUT2D eigenvalue weighted by molar-refractivity contribution is 0.189. The summed E-state index contributed by atoms with van der Waals surface area (Å²) in [6.07, 6.45) is 8.65. The maximum Gasteiger partial charge on any atom is 0.218 e. The first-order valence-electron chi connectivity index (χ1n) is 8.64. The molecule has 1 fully saturated rings. The van der Waals surface area contributed by atoms with Crippen molar-refractivity contribution in [3.8, 4) is 5.88 Å². The van der Waals surface area contributed by atoms with Crippen LogP contribution in [0.3, 0.4) is 0 Å². The molecule has 142 valence electrons. The summed E-state index contributed by atoms with van der Waals surface area (Å²) in [5.41, 5.74) is 1.02. The number of guanidine groups is 1. The second-order valence-corrected chi connectivity index (χ2v) is 6.36. The van der Waals surface area contributed by atoms with Crippen LogP contribution in [0.25, 0.3) is 0 Å². The Kier molecular flexibility index (Phi) is 7.67. The Morgan fingerprint density at radius 2 is 2.27 bits per heavy atom. The van der Waals surface area contributed by atoms with Gasteiger partial charge in [-0.25, -0.2) is 9.97 Å². The van der Waals surface area contributed by atoms with Gasteiger partial charge in [0.05, 0.1) is 19.5 Å². The largest absolute Gasteiger partial charge is 0.481 e.